The van der Waals surface area contributed by atoms with Gasteiger partial charge in [0, 0.05) is 39.1 Å². The third kappa shape index (κ3) is 5.09. The van der Waals surface area contributed by atoms with E-state index in [0.717, 1.165) is 38.6 Å². The molecule has 0 bridgehead atoms. The Balaban J connectivity index is 1.47. The van der Waals surface area contributed by atoms with E-state index in [1.807, 2.05) is 67.6 Å². The van der Waals surface area contributed by atoms with Crippen LogP contribution in [0.15, 0.2) is 78.0 Å². The first-order valence-corrected chi connectivity index (χ1v) is 10.7. The van der Waals surface area contributed by atoms with Crippen molar-refractivity contribution in [2.45, 2.75) is 11.8 Å². The van der Waals surface area contributed by atoms with Crippen LogP contribution in [0, 0.1) is 6.92 Å². The molecule has 0 aliphatic heterocycles. The molecule has 0 radical (unpaired) electrons. The standard InChI is InChI=1S/C23H19ClN4OS/c1-15-11-22(26-17-4-2-3-16(24)12-17)28-21-6-5-18(13-20(15)21)27-23(29)14-30-19-7-9-25-10-8-19/h2-13H,14H2,1H3,(H,26,28)(H,27,29). The first-order valence-electron chi connectivity index (χ1n) is 9.33. The quantitative estimate of drug-likeness (QED) is 0.361. The number of hydrogen-bond acceptors (Lipinski definition) is 5. The Morgan fingerprint density at radius 1 is 1.03 bits per heavy atom. The highest BCUT2D eigenvalue weighted by molar-refractivity contribution is 8.00. The number of anilines is 3. The van der Waals surface area contributed by atoms with Gasteiger partial charge in [0.25, 0.3) is 0 Å². The average molecular weight is 435 g/mol. The van der Waals surface area contributed by atoms with Crippen molar-refractivity contribution in [3.05, 3.63) is 83.6 Å². The predicted molar refractivity (Wildman–Crippen MR) is 125 cm³/mol. The lowest BCUT2D eigenvalue weighted by Crippen LogP contribution is -2.14. The summed E-state index contributed by atoms with van der Waals surface area (Å²) >= 11 is 7.53. The lowest BCUT2D eigenvalue weighted by molar-refractivity contribution is -0.113. The van der Waals surface area contributed by atoms with Gasteiger partial charge in [-0.05, 0) is 67.1 Å². The van der Waals surface area contributed by atoms with Crippen LogP contribution in [0.4, 0.5) is 17.2 Å². The Labute approximate surface area is 183 Å². The zero-order chi connectivity index (χ0) is 20.9. The second-order valence-electron chi connectivity index (χ2n) is 6.71. The number of thioether (sulfide) groups is 1. The van der Waals surface area contributed by atoms with Crippen molar-refractivity contribution >= 4 is 57.4 Å². The summed E-state index contributed by atoms with van der Waals surface area (Å²) in [7, 11) is 0. The van der Waals surface area contributed by atoms with Crippen molar-refractivity contribution in [2.75, 3.05) is 16.4 Å². The molecule has 0 atom stereocenters. The van der Waals surface area contributed by atoms with Crippen molar-refractivity contribution in [1.29, 1.82) is 0 Å². The second kappa shape index (κ2) is 9.15. The van der Waals surface area contributed by atoms with Gasteiger partial charge in [-0.25, -0.2) is 4.98 Å². The predicted octanol–water partition coefficient (Wildman–Crippen LogP) is 6.07. The Bertz CT molecular complexity index is 1200. The van der Waals surface area contributed by atoms with Gasteiger partial charge in [0.05, 0.1) is 11.3 Å². The molecule has 0 fully saturated rings. The number of hydrogen-bond donors (Lipinski definition) is 2. The van der Waals surface area contributed by atoms with Crippen LogP contribution in [0.3, 0.4) is 0 Å². The van der Waals surface area contributed by atoms with E-state index in [1.54, 1.807) is 12.4 Å². The number of pyridine rings is 2. The molecule has 2 N–H and O–H groups in total. The fourth-order valence-electron chi connectivity index (χ4n) is 3.03. The molecule has 0 spiro atoms. The van der Waals surface area contributed by atoms with Crippen LogP contribution in [0.2, 0.25) is 5.02 Å². The Hall–Kier alpha value is -3.09. The van der Waals surface area contributed by atoms with E-state index < -0.39 is 0 Å². The molecule has 0 saturated heterocycles. The van der Waals surface area contributed by atoms with E-state index >= 15 is 0 Å². The molecule has 5 nitrogen and oxygen atoms in total. The molecule has 0 aliphatic rings. The fraction of sp³-hybridized carbons (Fsp3) is 0.0870. The number of fused-ring (bicyclic) bond motifs is 1. The minimum Gasteiger partial charge on any atom is -0.340 e. The van der Waals surface area contributed by atoms with Crippen LogP contribution in [0.1, 0.15) is 5.56 Å². The first kappa shape index (κ1) is 20.2. The SMILES string of the molecule is Cc1cc(Nc2cccc(Cl)c2)nc2ccc(NC(=O)CSc3ccncc3)cc12. The second-order valence-corrected chi connectivity index (χ2v) is 8.20. The molecule has 0 saturated carbocycles. The number of rotatable bonds is 6. The van der Waals surface area contributed by atoms with E-state index in [0.29, 0.717) is 10.8 Å². The Morgan fingerprint density at radius 3 is 2.67 bits per heavy atom. The minimum atomic E-state index is -0.0546. The van der Waals surface area contributed by atoms with Crippen molar-refractivity contribution in [3.8, 4) is 0 Å². The van der Waals surface area contributed by atoms with Gasteiger partial charge in [0.15, 0.2) is 0 Å². The molecule has 2 aromatic heterocycles. The van der Waals surface area contributed by atoms with Crippen LogP contribution in [0.5, 0.6) is 0 Å². The van der Waals surface area contributed by atoms with Gasteiger partial charge in [-0.2, -0.15) is 0 Å². The molecule has 150 valence electrons. The molecule has 0 unspecified atom stereocenters. The number of aromatic nitrogens is 2. The molecule has 2 heterocycles. The van der Waals surface area contributed by atoms with Crippen molar-refractivity contribution in [2.24, 2.45) is 0 Å². The van der Waals surface area contributed by atoms with Crippen LogP contribution in [-0.4, -0.2) is 21.6 Å². The molecular formula is C23H19ClN4OS. The molecule has 7 heteroatoms. The lowest BCUT2D eigenvalue weighted by atomic mass is 10.1. The molecule has 1 amide bonds. The van der Waals surface area contributed by atoms with Gasteiger partial charge in [-0.3, -0.25) is 9.78 Å². The maximum atomic E-state index is 12.3. The minimum absolute atomic E-state index is 0.0546. The fourth-order valence-corrected chi connectivity index (χ4v) is 3.90. The largest absolute Gasteiger partial charge is 0.340 e. The number of halogens is 1. The highest BCUT2D eigenvalue weighted by Gasteiger charge is 2.08. The van der Waals surface area contributed by atoms with Crippen LogP contribution >= 0.6 is 23.4 Å². The Kier molecular flexibility index (Phi) is 6.16. The van der Waals surface area contributed by atoms with Crippen molar-refractivity contribution < 1.29 is 4.79 Å². The number of nitrogens with one attached hydrogen (secondary N) is 2. The zero-order valence-corrected chi connectivity index (χ0v) is 17.8. The summed E-state index contributed by atoms with van der Waals surface area (Å²) in [6.45, 7) is 2.03. The Morgan fingerprint density at radius 2 is 1.87 bits per heavy atom. The molecule has 4 aromatic rings. The van der Waals surface area contributed by atoms with Gasteiger partial charge in [0.1, 0.15) is 5.82 Å². The number of benzene rings is 2. The maximum absolute atomic E-state index is 12.3. The van der Waals surface area contributed by atoms with Crippen LogP contribution < -0.4 is 10.6 Å². The van der Waals surface area contributed by atoms with E-state index in [1.165, 1.54) is 11.8 Å². The summed E-state index contributed by atoms with van der Waals surface area (Å²) in [6, 6.07) is 19.0. The van der Waals surface area contributed by atoms with E-state index in [4.69, 9.17) is 11.6 Å². The van der Waals surface area contributed by atoms with Gasteiger partial charge < -0.3 is 10.6 Å². The maximum Gasteiger partial charge on any atom is 0.234 e. The van der Waals surface area contributed by atoms with Gasteiger partial charge in [-0.15, -0.1) is 11.8 Å². The number of nitrogens with zero attached hydrogens (tertiary/aromatic N) is 2. The van der Waals surface area contributed by atoms with Gasteiger partial charge in [-0.1, -0.05) is 17.7 Å². The van der Waals surface area contributed by atoms with E-state index in [9.17, 15) is 4.79 Å². The van der Waals surface area contributed by atoms with Crippen molar-refractivity contribution in [1.82, 2.24) is 9.97 Å². The van der Waals surface area contributed by atoms with E-state index in [2.05, 4.69) is 20.6 Å². The van der Waals surface area contributed by atoms with E-state index in [-0.39, 0.29) is 5.91 Å². The highest BCUT2D eigenvalue weighted by atomic mass is 35.5. The third-order valence-electron chi connectivity index (χ3n) is 4.42. The normalized spacial score (nSPS) is 10.7. The molecule has 4 rings (SSSR count). The molecule has 2 aromatic carbocycles. The summed E-state index contributed by atoms with van der Waals surface area (Å²) in [6.07, 6.45) is 3.43. The summed E-state index contributed by atoms with van der Waals surface area (Å²) < 4.78 is 0. The number of amides is 1. The average Bonchev–Trinajstić information content (AvgIpc) is 2.74. The van der Waals surface area contributed by atoms with Crippen molar-refractivity contribution in [3.63, 3.8) is 0 Å². The smallest absolute Gasteiger partial charge is 0.234 e. The zero-order valence-electron chi connectivity index (χ0n) is 16.2. The van der Waals surface area contributed by atoms with Gasteiger partial charge >= 0.3 is 0 Å². The number of aryl methyl sites for hydroxylation is 1. The summed E-state index contributed by atoms with van der Waals surface area (Å²) in [5.74, 6) is 1.02. The number of carbonyl (C=O) groups is 1. The summed E-state index contributed by atoms with van der Waals surface area (Å²) in [4.78, 5) is 22.0. The van der Waals surface area contributed by atoms with Gasteiger partial charge in [0.2, 0.25) is 5.91 Å². The first-order chi connectivity index (χ1) is 14.6. The monoisotopic (exact) mass is 434 g/mol. The number of carbonyl (C=O) groups excluding carboxylic acids is 1. The molecular weight excluding hydrogens is 416 g/mol. The summed E-state index contributed by atoms with van der Waals surface area (Å²) in [5, 5.41) is 7.90. The third-order valence-corrected chi connectivity index (χ3v) is 5.66. The summed E-state index contributed by atoms with van der Waals surface area (Å²) in [5.41, 5.74) is 3.54. The highest BCUT2D eigenvalue weighted by Crippen LogP contribution is 2.26. The van der Waals surface area contributed by atoms with Crippen LogP contribution in [-0.2, 0) is 4.79 Å². The topological polar surface area (TPSA) is 66.9 Å². The lowest BCUT2D eigenvalue weighted by Gasteiger charge is -2.11. The van der Waals surface area contributed by atoms with Crippen LogP contribution in [0.25, 0.3) is 10.9 Å². The molecule has 0 aliphatic carbocycles. The molecule has 30 heavy (non-hydrogen) atoms.